The molecule has 0 bridgehead atoms. The van der Waals surface area contributed by atoms with Crippen molar-refractivity contribution in [3.8, 4) is 11.3 Å². The number of hydrogen-bond donors (Lipinski definition) is 1. The summed E-state index contributed by atoms with van der Waals surface area (Å²) < 4.78 is 20.3. The summed E-state index contributed by atoms with van der Waals surface area (Å²) in [5.74, 6) is 0.922. The number of benzene rings is 1. The van der Waals surface area contributed by atoms with E-state index in [1.54, 1.807) is 16.8 Å². The van der Waals surface area contributed by atoms with Gasteiger partial charge in [0, 0.05) is 56.4 Å². The predicted molar refractivity (Wildman–Crippen MR) is 93.7 cm³/mol. The summed E-state index contributed by atoms with van der Waals surface area (Å²) in [5.41, 5.74) is 2.67. The highest BCUT2D eigenvalue weighted by atomic mass is 19.1. The first-order chi connectivity index (χ1) is 12.6. The van der Waals surface area contributed by atoms with Gasteiger partial charge in [0.1, 0.15) is 11.5 Å². The monoisotopic (exact) mass is 356 g/mol. The average Bonchev–Trinajstić information content (AvgIpc) is 3.35. The van der Waals surface area contributed by atoms with Crippen molar-refractivity contribution in [2.24, 2.45) is 13.0 Å². The number of aliphatic hydroxyl groups is 1. The Bertz CT molecular complexity index is 874. The van der Waals surface area contributed by atoms with Crippen LogP contribution in [-0.2, 0) is 13.6 Å². The molecule has 1 aromatic carbocycles. The van der Waals surface area contributed by atoms with Crippen LogP contribution in [0.5, 0.6) is 0 Å². The fourth-order valence-electron chi connectivity index (χ4n) is 3.65. The number of likely N-dealkylation sites (tertiary alicyclic amines) is 1. The van der Waals surface area contributed by atoms with Crippen LogP contribution in [-0.4, -0.2) is 44.6 Å². The molecule has 136 valence electrons. The normalized spacial score (nSPS) is 20.7. The largest absolute Gasteiger partial charge is 0.396 e. The van der Waals surface area contributed by atoms with Crippen LogP contribution in [0.1, 0.15) is 17.2 Å². The minimum Gasteiger partial charge on any atom is -0.396 e. The molecule has 0 saturated carbocycles. The highest BCUT2D eigenvalue weighted by Crippen LogP contribution is 2.33. The number of aliphatic hydroxyl groups excluding tert-OH is 1. The van der Waals surface area contributed by atoms with Gasteiger partial charge in [-0.05, 0) is 29.8 Å². The molecule has 0 spiro atoms. The van der Waals surface area contributed by atoms with Crippen LogP contribution in [0, 0.1) is 11.7 Å². The third-order valence-corrected chi connectivity index (χ3v) is 4.98. The highest BCUT2D eigenvalue weighted by molar-refractivity contribution is 5.58. The zero-order valence-electron chi connectivity index (χ0n) is 14.5. The van der Waals surface area contributed by atoms with Gasteiger partial charge < -0.3 is 9.63 Å². The van der Waals surface area contributed by atoms with Crippen LogP contribution in [0.3, 0.4) is 0 Å². The molecule has 0 unspecified atom stereocenters. The molecule has 1 aliphatic rings. The fourth-order valence-corrected chi connectivity index (χ4v) is 3.65. The summed E-state index contributed by atoms with van der Waals surface area (Å²) >= 11 is 0. The van der Waals surface area contributed by atoms with E-state index in [-0.39, 0.29) is 24.3 Å². The molecule has 7 heteroatoms. The summed E-state index contributed by atoms with van der Waals surface area (Å²) in [6.45, 7) is 2.40. The van der Waals surface area contributed by atoms with Crippen LogP contribution in [0.2, 0.25) is 0 Å². The molecule has 1 aliphatic heterocycles. The second-order valence-electron chi connectivity index (χ2n) is 6.88. The van der Waals surface area contributed by atoms with Crippen molar-refractivity contribution in [2.45, 2.75) is 12.5 Å². The van der Waals surface area contributed by atoms with E-state index in [1.165, 1.54) is 12.1 Å². The van der Waals surface area contributed by atoms with Crippen LogP contribution >= 0.6 is 0 Å². The second kappa shape index (κ2) is 7.01. The zero-order valence-corrected chi connectivity index (χ0v) is 14.5. The van der Waals surface area contributed by atoms with Gasteiger partial charge in [-0.2, -0.15) is 5.10 Å². The molecule has 1 saturated heterocycles. The second-order valence-corrected chi connectivity index (χ2v) is 6.88. The lowest BCUT2D eigenvalue weighted by Crippen LogP contribution is -2.20. The lowest BCUT2D eigenvalue weighted by atomic mass is 9.92. The van der Waals surface area contributed by atoms with E-state index in [9.17, 15) is 9.50 Å². The molecule has 1 N–H and O–H groups in total. The van der Waals surface area contributed by atoms with E-state index in [4.69, 9.17) is 4.52 Å². The Morgan fingerprint density at radius 2 is 2.08 bits per heavy atom. The van der Waals surface area contributed by atoms with Gasteiger partial charge in [0.25, 0.3) is 0 Å². The van der Waals surface area contributed by atoms with E-state index < -0.39 is 0 Å². The quantitative estimate of drug-likeness (QED) is 0.760. The Labute approximate surface area is 150 Å². The van der Waals surface area contributed by atoms with Gasteiger partial charge in [-0.3, -0.25) is 9.58 Å². The maximum Gasteiger partial charge on any atom is 0.151 e. The zero-order chi connectivity index (χ0) is 18.1. The first-order valence-electron chi connectivity index (χ1n) is 8.65. The Hall–Kier alpha value is -2.51. The van der Waals surface area contributed by atoms with Gasteiger partial charge in [0.2, 0.25) is 0 Å². The molecule has 0 aliphatic carbocycles. The summed E-state index contributed by atoms with van der Waals surface area (Å²) in [4.78, 5) is 2.26. The van der Waals surface area contributed by atoms with Crippen molar-refractivity contribution in [1.82, 2.24) is 19.8 Å². The molecule has 6 nitrogen and oxygen atoms in total. The molecule has 2 aromatic heterocycles. The van der Waals surface area contributed by atoms with Gasteiger partial charge >= 0.3 is 0 Å². The topological polar surface area (TPSA) is 67.3 Å². The third kappa shape index (κ3) is 3.40. The Kier molecular flexibility index (Phi) is 4.57. The lowest BCUT2D eigenvalue weighted by molar-refractivity contribution is 0.208. The molecule has 0 radical (unpaired) electrons. The van der Waals surface area contributed by atoms with E-state index in [0.29, 0.717) is 12.2 Å². The van der Waals surface area contributed by atoms with Crippen molar-refractivity contribution in [2.75, 3.05) is 19.7 Å². The maximum absolute atomic E-state index is 13.0. The van der Waals surface area contributed by atoms with Crippen LogP contribution in [0.4, 0.5) is 4.39 Å². The summed E-state index contributed by atoms with van der Waals surface area (Å²) in [5, 5.41) is 18.1. The van der Waals surface area contributed by atoms with E-state index >= 15 is 0 Å². The molecule has 0 amide bonds. The first kappa shape index (κ1) is 16.9. The SMILES string of the molecule is Cn1cc([C@@H]2CN(Cc3cc(-c4ccc(F)cc4)no3)C[C@H]2CO)cn1. The first-order valence-corrected chi connectivity index (χ1v) is 8.65. The number of hydrogen-bond acceptors (Lipinski definition) is 5. The molecular formula is C19H21FN4O2. The van der Waals surface area contributed by atoms with E-state index in [1.807, 2.05) is 25.5 Å². The summed E-state index contributed by atoms with van der Waals surface area (Å²) in [6.07, 6.45) is 3.88. The Morgan fingerprint density at radius 3 is 2.77 bits per heavy atom. The van der Waals surface area contributed by atoms with Crippen molar-refractivity contribution in [3.05, 3.63) is 59.9 Å². The predicted octanol–water partition coefficient (Wildman–Crippen LogP) is 2.42. The molecule has 3 aromatic rings. The van der Waals surface area contributed by atoms with E-state index in [0.717, 1.165) is 30.0 Å². The van der Waals surface area contributed by atoms with Crippen LogP contribution < -0.4 is 0 Å². The van der Waals surface area contributed by atoms with Crippen LogP contribution in [0.25, 0.3) is 11.3 Å². The van der Waals surface area contributed by atoms with Crippen molar-refractivity contribution in [1.29, 1.82) is 0 Å². The number of nitrogens with zero attached hydrogens (tertiary/aromatic N) is 4. The molecule has 3 heterocycles. The Balaban J connectivity index is 1.45. The van der Waals surface area contributed by atoms with E-state index in [2.05, 4.69) is 15.2 Å². The molecule has 26 heavy (non-hydrogen) atoms. The Morgan fingerprint density at radius 1 is 1.27 bits per heavy atom. The standard InChI is InChI=1S/C19H21FN4O2/c1-23-8-14(7-21-23)18-11-24(9-15(18)12-25)10-17-6-19(22-26-17)13-2-4-16(20)5-3-13/h2-8,15,18,25H,9-12H2,1H3/t15-,18-/m0/s1. The number of aryl methyl sites for hydroxylation is 1. The molecule has 1 fully saturated rings. The van der Waals surface area contributed by atoms with Gasteiger partial charge in [-0.1, -0.05) is 5.16 Å². The fraction of sp³-hybridized carbons (Fsp3) is 0.368. The summed E-state index contributed by atoms with van der Waals surface area (Å²) in [7, 11) is 1.90. The van der Waals surface area contributed by atoms with Gasteiger partial charge in [0.15, 0.2) is 5.76 Å². The van der Waals surface area contributed by atoms with Crippen molar-refractivity contribution < 1.29 is 14.0 Å². The summed E-state index contributed by atoms with van der Waals surface area (Å²) in [6, 6.07) is 8.08. The maximum atomic E-state index is 13.0. The number of rotatable bonds is 5. The molecular weight excluding hydrogens is 335 g/mol. The van der Waals surface area contributed by atoms with Gasteiger partial charge in [0.05, 0.1) is 12.7 Å². The smallest absolute Gasteiger partial charge is 0.151 e. The average molecular weight is 356 g/mol. The minimum atomic E-state index is -0.272. The van der Waals surface area contributed by atoms with Gasteiger partial charge in [-0.15, -0.1) is 0 Å². The minimum absolute atomic E-state index is 0.146. The number of halogens is 1. The molecule has 2 atom stereocenters. The third-order valence-electron chi connectivity index (χ3n) is 4.98. The lowest BCUT2D eigenvalue weighted by Gasteiger charge is -2.13. The molecule has 4 rings (SSSR count). The van der Waals surface area contributed by atoms with Crippen molar-refractivity contribution >= 4 is 0 Å². The van der Waals surface area contributed by atoms with Crippen molar-refractivity contribution in [3.63, 3.8) is 0 Å². The number of aromatic nitrogens is 3. The van der Waals surface area contributed by atoms with Gasteiger partial charge in [-0.25, -0.2) is 4.39 Å². The highest BCUT2D eigenvalue weighted by Gasteiger charge is 2.34. The van der Waals surface area contributed by atoms with Crippen LogP contribution in [0.15, 0.2) is 47.2 Å².